The summed E-state index contributed by atoms with van der Waals surface area (Å²) in [5, 5.41) is 22.1. The monoisotopic (exact) mass is 654 g/mol. The maximum Gasteiger partial charge on any atom is 0.308 e. The van der Waals surface area contributed by atoms with Crippen LogP contribution in [0.2, 0.25) is 0 Å². The number of amides is 1. The van der Waals surface area contributed by atoms with E-state index in [0.29, 0.717) is 25.7 Å². The molecule has 7 nitrogen and oxygen atoms in total. The summed E-state index contributed by atoms with van der Waals surface area (Å²) >= 11 is 0. The molecule has 1 amide bonds. The molecule has 272 valence electrons. The van der Waals surface area contributed by atoms with Crippen molar-refractivity contribution in [2.24, 2.45) is 38.4 Å². The molecule has 1 aliphatic rings. The summed E-state index contributed by atoms with van der Waals surface area (Å²) in [6.45, 7) is 35.1. The summed E-state index contributed by atoms with van der Waals surface area (Å²) in [5.74, 6) is -0.485. The minimum absolute atomic E-state index is 0.0158. The maximum atomic E-state index is 13.2. The molecule has 1 heterocycles. The van der Waals surface area contributed by atoms with Crippen LogP contribution < -0.4 is 0 Å². The Kier molecular flexibility index (Phi) is 14.9. The van der Waals surface area contributed by atoms with E-state index in [1.807, 2.05) is 6.92 Å². The molecule has 0 aromatic heterocycles. The average Bonchev–Trinajstić information content (AvgIpc) is 3.30. The number of hydrogen-bond donors (Lipinski definition) is 2. The van der Waals surface area contributed by atoms with Crippen molar-refractivity contribution in [3.05, 3.63) is 0 Å². The van der Waals surface area contributed by atoms with Crippen LogP contribution in [0.5, 0.6) is 0 Å². The minimum atomic E-state index is -0.947. The maximum absolute atomic E-state index is 13.2. The number of carbonyl (C=O) groups is 2. The molecule has 1 aliphatic heterocycles. The fourth-order valence-corrected chi connectivity index (χ4v) is 6.83. The van der Waals surface area contributed by atoms with E-state index >= 15 is 0 Å². The first-order chi connectivity index (χ1) is 20.6. The molecule has 6 atom stereocenters. The standard InChI is InChI=1S/C39H75NO6/c1-17-39(16,29(22-34(3,4)5)40-20-18-19-32(40)43)21-27(2)33(44)46-26-28(41)25-45-31(36(9,10)11)24-37(12,13)38(14,15)30(42)23-35(6,7)8/h27-31,41-42H,17-26H2,1-16H3. The van der Waals surface area contributed by atoms with Gasteiger partial charge in [-0.05, 0) is 71.0 Å². The van der Waals surface area contributed by atoms with Crippen LogP contribution in [0.25, 0.3) is 0 Å². The molecule has 0 saturated carbocycles. The summed E-state index contributed by atoms with van der Waals surface area (Å²) < 4.78 is 12.0. The third-order valence-corrected chi connectivity index (χ3v) is 11.0. The molecule has 7 heteroatoms. The topological polar surface area (TPSA) is 96.3 Å². The fraction of sp³-hybridized carbons (Fsp3) is 0.949. The molecule has 6 unspecified atom stereocenters. The summed E-state index contributed by atoms with van der Waals surface area (Å²) in [4.78, 5) is 28.1. The molecule has 0 bridgehead atoms. The molecule has 2 N–H and O–H groups in total. The lowest BCUT2D eigenvalue weighted by Crippen LogP contribution is -2.50. The zero-order valence-corrected chi connectivity index (χ0v) is 32.9. The molecule has 0 aliphatic carbocycles. The summed E-state index contributed by atoms with van der Waals surface area (Å²) in [7, 11) is 0. The molecule has 1 saturated heterocycles. The van der Waals surface area contributed by atoms with Crippen LogP contribution in [-0.2, 0) is 19.1 Å². The van der Waals surface area contributed by atoms with Crippen LogP contribution in [0.1, 0.15) is 156 Å². The Morgan fingerprint density at radius 2 is 1.37 bits per heavy atom. The van der Waals surface area contributed by atoms with Crippen LogP contribution in [0.4, 0.5) is 0 Å². The number of carbonyl (C=O) groups excluding carboxylic acids is 2. The second-order valence-corrected chi connectivity index (χ2v) is 19.6. The van der Waals surface area contributed by atoms with E-state index in [1.54, 1.807) is 0 Å². The second-order valence-electron chi connectivity index (χ2n) is 19.6. The molecule has 0 spiro atoms. The number of aliphatic hydroxyl groups is 2. The Morgan fingerprint density at radius 3 is 1.80 bits per heavy atom. The van der Waals surface area contributed by atoms with Gasteiger partial charge in [0.15, 0.2) is 0 Å². The van der Waals surface area contributed by atoms with E-state index in [2.05, 4.69) is 109 Å². The van der Waals surface area contributed by atoms with Crippen LogP contribution in [0, 0.1) is 38.4 Å². The molecule has 0 radical (unpaired) electrons. The van der Waals surface area contributed by atoms with E-state index in [1.165, 1.54) is 0 Å². The van der Waals surface area contributed by atoms with Crippen LogP contribution >= 0.6 is 0 Å². The van der Waals surface area contributed by atoms with Gasteiger partial charge < -0.3 is 24.6 Å². The van der Waals surface area contributed by atoms with E-state index < -0.39 is 12.2 Å². The molecule has 1 rings (SSSR count). The van der Waals surface area contributed by atoms with Crippen molar-refractivity contribution in [2.45, 2.75) is 180 Å². The highest BCUT2D eigenvalue weighted by Gasteiger charge is 2.47. The summed E-state index contributed by atoms with van der Waals surface area (Å²) in [6.07, 6.45) is 3.64. The fourth-order valence-electron chi connectivity index (χ4n) is 6.83. The van der Waals surface area contributed by atoms with Crippen molar-refractivity contribution in [2.75, 3.05) is 19.8 Å². The van der Waals surface area contributed by atoms with Crippen LogP contribution in [0.3, 0.4) is 0 Å². The zero-order chi connectivity index (χ0) is 36.1. The predicted molar refractivity (Wildman–Crippen MR) is 189 cm³/mol. The quantitative estimate of drug-likeness (QED) is 0.153. The average molecular weight is 654 g/mol. The molecule has 0 aromatic carbocycles. The summed E-state index contributed by atoms with van der Waals surface area (Å²) in [5.41, 5.74) is -0.994. The Balaban J connectivity index is 2.88. The Morgan fingerprint density at radius 1 is 0.826 bits per heavy atom. The van der Waals surface area contributed by atoms with Crippen LogP contribution in [-0.4, -0.2) is 71.1 Å². The van der Waals surface area contributed by atoms with Crippen molar-refractivity contribution in [3.8, 4) is 0 Å². The van der Waals surface area contributed by atoms with Crippen molar-refractivity contribution < 1.29 is 29.3 Å². The number of aliphatic hydroxyl groups excluding tert-OH is 2. The number of rotatable bonds is 17. The van der Waals surface area contributed by atoms with Crippen molar-refractivity contribution >= 4 is 11.9 Å². The lowest BCUT2D eigenvalue weighted by molar-refractivity contribution is -0.156. The van der Waals surface area contributed by atoms with Gasteiger partial charge in [0.1, 0.15) is 12.7 Å². The smallest absolute Gasteiger partial charge is 0.308 e. The van der Waals surface area contributed by atoms with Crippen molar-refractivity contribution in [1.29, 1.82) is 0 Å². The first-order valence-electron chi connectivity index (χ1n) is 18.0. The van der Waals surface area contributed by atoms with E-state index in [-0.39, 0.29) is 75.6 Å². The van der Waals surface area contributed by atoms with Gasteiger partial charge in [-0.1, -0.05) is 111 Å². The van der Waals surface area contributed by atoms with Gasteiger partial charge in [0.05, 0.1) is 24.7 Å². The van der Waals surface area contributed by atoms with Gasteiger partial charge in [0, 0.05) is 19.0 Å². The number of nitrogens with zero attached hydrogens (tertiary/aromatic N) is 1. The molecular formula is C39H75NO6. The molecule has 0 aromatic rings. The Bertz CT molecular complexity index is 968. The van der Waals surface area contributed by atoms with Crippen LogP contribution in [0.15, 0.2) is 0 Å². The van der Waals surface area contributed by atoms with Gasteiger partial charge in [0.25, 0.3) is 0 Å². The van der Waals surface area contributed by atoms with Gasteiger partial charge in [-0.25, -0.2) is 0 Å². The normalized spacial score (nSPS) is 20.2. The predicted octanol–water partition coefficient (Wildman–Crippen LogP) is 8.43. The Hall–Kier alpha value is -1.18. The second kappa shape index (κ2) is 16.0. The summed E-state index contributed by atoms with van der Waals surface area (Å²) in [6, 6.07) is 0.0554. The third kappa shape index (κ3) is 12.7. The molecule has 1 fully saturated rings. The first kappa shape index (κ1) is 42.8. The largest absolute Gasteiger partial charge is 0.463 e. The molecular weight excluding hydrogens is 578 g/mol. The highest BCUT2D eigenvalue weighted by Crippen LogP contribution is 2.49. The zero-order valence-electron chi connectivity index (χ0n) is 32.9. The lowest BCUT2D eigenvalue weighted by Gasteiger charge is -2.49. The number of likely N-dealkylation sites (tertiary alicyclic amines) is 1. The highest BCUT2D eigenvalue weighted by molar-refractivity contribution is 5.78. The SMILES string of the molecule is CCC(C)(CC(C)C(=O)OCC(O)COC(CC(C)(C)C(C)(C)C(O)CC(C)(C)C)C(C)(C)C)C(CC(C)(C)C)N1CCCC1=O. The van der Waals surface area contributed by atoms with Crippen molar-refractivity contribution in [3.63, 3.8) is 0 Å². The first-order valence-corrected chi connectivity index (χ1v) is 18.0. The van der Waals surface area contributed by atoms with Gasteiger partial charge >= 0.3 is 5.97 Å². The van der Waals surface area contributed by atoms with E-state index in [0.717, 1.165) is 25.8 Å². The van der Waals surface area contributed by atoms with E-state index in [9.17, 15) is 19.8 Å². The lowest BCUT2D eigenvalue weighted by atomic mass is 9.59. The van der Waals surface area contributed by atoms with Gasteiger partial charge in [-0.3, -0.25) is 9.59 Å². The van der Waals surface area contributed by atoms with Gasteiger partial charge in [0.2, 0.25) is 5.91 Å². The van der Waals surface area contributed by atoms with E-state index in [4.69, 9.17) is 9.47 Å². The van der Waals surface area contributed by atoms with Crippen molar-refractivity contribution in [1.82, 2.24) is 4.90 Å². The number of hydrogen-bond acceptors (Lipinski definition) is 6. The number of esters is 1. The Labute approximate surface area is 283 Å². The minimum Gasteiger partial charge on any atom is -0.463 e. The third-order valence-electron chi connectivity index (χ3n) is 11.0. The number of ether oxygens (including phenoxy) is 2. The van der Waals surface area contributed by atoms with Gasteiger partial charge in [-0.15, -0.1) is 0 Å². The van der Waals surface area contributed by atoms with Gasteiger partial charge in [-0.2, -0.15) is 0 Å². The molecule has 46 heavy (non-hydrogen) atoms. The highest BCUT2D eigenvalue weighted by atomic mass is 16.5.